The van der Waals surface area contributed by atoms with E-state index in [0.29, 0.717) is 40.7 Å². The number of carbonyl (C=O) groups is 2. The van der Waals surface area contributed by atoms with Gasteiger partial charge >= 0.3 is 5.97 Å². The molecule has 0 saturated carbocycles. The average Bonchev–Trinajstić information content (AvgIpc) is 3.44. The molecule has 0 saturated heterocycles. The van der Waals surface area contributed by atoms with Crippen LogP contribution in [-0.2, 0) is 6.54 Å². The van der Waals surface area contributed by atoms with Crippen molar-refractivity contribution in [3.05, 3.63) is 77.4 Å². The highest BCUT2D eigenvalue weighted by molar-refractivity contribution is 6.10. The maximum Gasteiger partial charge on any atom is 0.337 e. The van der Waals surface area contributed by atoms with Crippen LogP contribution in [0.4, 0.5) is 5.82 Å². The monoisotopic (exact) mass is 454 g/mol. The second kappa shape index (κ2) is 8.18. The fraction of sp³-hybridized carbons (Fsp3) is 0.200. The zero-order valence-corrected chi connectivity index (χ0v) is 18.9. The van der Waals surface area contributed by atoms with Gasteiger partial charge in [0.2, 0.25) is 0 Å². The van der Waals surface area contributed by atoms with Gasteiger partial charge in [0.05, 0.1) is 17.8 Å². The number of aromatic nitrogens is 5. The zero-order valence-electron chi connectivity index (χ0n) is 18.9. The van der Waals surface area contributed by atoms with Gasteiger partial charge in [0.25, 0.3) is 5.91 Å². The summed E-state index contributed by atoms with van der Waals surface area (Å²) in [4.78, 5) is 35.4. The molecule has 4 heterocycles. The molecule has 4 aromatic rings. The van der Waals surface area contributed by atoms with Gasteiger partial charge in [-0.3, -0.25) is 14.7 Å². The van der Waals surface area contributed by atoms with Crippen molar-refractivity contribution in [2.45, 2.75) is 33.4 Å². The summed E-state index contributed by atoms with van der Waals surface area (Å²) in [6.45, 7) is 6.13. The van der Waals surface area contributed by atoms with Crippen molar-refractivity contribution < 1.29 is 14.7 Å². The van der Waals surface area contributed by atoms with Crippen molar-refractivity contribution in [3.63, 3.8) is 0 Å². The topological polar surface area (TPSA) is 114 Å². The molecule has 0 atom stereocenters. The van der Waals surface area contributed by atoms with E-state index in [1.807, 2.05) is 42.7 Å². The Labute approximate surface area is 195 Å². The standard InChI is InChI=1S/C25H22N6O3/c1-14(2)31-13-27-29-23(31)21-5-4-6-22(28-21)30-12-17-8-7-16(9-20(17)24(30)32)18-10-19(25(33)34)15(3)26-11-18/h4-11,13-14H,12H2,1-3H3,(H,33,34). The number of rotatable bonds is 5. The van der Waals surface area contributed by atoms with Crippen LogP contribution >= 0.6 is 0 Å². The second-order valence-electron chi connectivity index (χ2n) is 8.46. The molecule has 1 N–H and O–H groups in total. The molecule has 0 spiro atoms. The quantitative estimate of drug-likeness (QED) is 0.482. The number of carboxylic acids is 1. The number of nitrogens with zero attached hydrogens (tertiary/aromatic N) is 6. The third kappa shape index (κ3) is 3.61. The van der Waals surface area contributed by atoms with E-state index >= 15 is 0 Å². The van der Waals surface area contributed by atoms with Crippen molar-refractivity contribution in [1.29, 1.82) is 0 Å². The number of anilines is 1. The fourth-order valence-corrected chi connectivity index (χ4v) is 4.08. The summed E-state index contributed by atoms with van der Waals surface area (Å²) < 4.78 is 1.93. The van der Waals surface area contributed by atoms with Gasteiger partial charge in [0.15, 0.2) is 5.82 Å². The first-order chi connectivity index (χ1) is 16.3. The van der Waals surface area contributed by atoms with Gasteiger partial charge in [-0.2, -0.15) is 0 Å². The summed E-state index contributed by atoms with van der Waals surface area (Å²) in [7, 11) is 0. The Bertz CT molecular complexity index is 1440. The lowest BCUT2D eigenvalue weighted by molar-refractivity contribution is 0.0695. The van der Waals surface area contributed by atoms with Crippen LogP contribution in [0.5, 0.6) is 0 Å². The number of amides is 1. The second-order valence-corrected chi connectivity index (χ2v) is 8.46. The number of aryl methyl sites for hydroxylation is 1. The van der Waals surface area contributed by atoms with Crippen molar-refractivity contribution >= 4 is 17.7 Å². The first-order valence-corrected chi connectivity index (χ1v) is 10.9. The van der Waals surface area contributed by atoms with Gasteiger partial charge in [-0.15, -0.1) is 10.2 Å². The molecule has 1 aromatic carbocycles. The van der Waals surface area contributed by atoms with Crippen molar-refractivity contribution in [1.82, 2.24) is 24.7 Å². The SMILES string of the molecule is Cc1ncc(-c2ccc3c(c2)C(=O)N(c2cccc(-c4nncn4C(C)C)n2)C3)cc1C(=O)O. The number of carbonyl (C=O) groups excluding carboxylic acids is 1. The van der Waals surface area contributed by atoms with Gasteiger partial charge in [-0.25, -0.2) is 9.78 Å². The van der Waals surface area contributed by atoms with Crippen LogP contribution < -0.4 is 4.90 Å². The van der Waals surface area contributed by atoms with Crippen molar-refractivity contribution in [2.24, 2.45) is 0 Å². The molecule has 0 unspecified atom stereocenters. The smallest absolute Gasteiger partial charge is 0.337 e. The summed E-state index contributed by atoms with van der Waals surface area (Å²) in [5.41, 5.74) is 4.04. The molecule has 1 aliphatic heterocycles. The maximum atomic E-state index is 13.3. The van der Waals surface area contributed by atoms with Gasteiger partial charge in [-0.05, 0) is 56.2 Å². The maximum absolute atomic E-state index is 13.3. The lowest BCUT2D eigenvalue weighted by atomic mass is 10.00. The number of benzene rings is 1. The van der Waals surface area contributed by atoms with Crippen molar-refractivity contribution in [3.8, 4) is 22.6 Å². The Morgan fingerprint density at radius 2 is 1.94 bits per heavy atom. The van der Waals surface area contributed by atoms with Crippen LogP contribution in [0.15, 0.2) is 55.0 Å². The molecule has 1 aliphatic rings. The average molecular weight is 454 g/mol. The molecule has 1 amide bonds. The van der Waals surface area contributed by atoms with Gasteiger partial charge in [-0.1, -0.05) is 18.2 Å². The first-order valence-electron chi connectivity index (χ1n) is 10.9. The van der Waals surface area contributed by atoms with E-state index in [1.54, 1.807) is 42.5 Å². The molecule has 3 aromatic heterocycles. The summed E-state index contributed by atoms with van der Waals surface area (Å²) in [6.07, 6.45) is 3.29. The minimum absolute atomic E-state index is 0.140. The van der Waals surface area contributed by atoms with E-state index < -0.39 is 5.97 Å². The zero-order chi connectivity index (χ0) is 24.0. The van der Waals surface area contributed by atoms with Crippen molar-refractivity contribution in [2.75, 3.05) is 4.90 Å². The van der Waals surface area contributed by atoms with Gasteiger partial charge in [0.1, 0.15) is 17.8 Å². The highest BCUT2D eigenvalue weighted by Crippen LogP contribution is 2.32. The van der Waals surface area contributed by atoms with Crippen LogP contribution in [0.2, 0.25) is 0 Å². The number of fused-ring (bicyclic) bond motifs is 1. The third-order valence-electron chi connectivity index (χ3n) is 5.93. The number of hydrogen-bond acceptors (Lipinski definition) is 6. The highest BCUT2D eigenvalue weighted by atomic mass is 16.4. The Kier molecular flexibility index (Phi) is 5.16. The number of hydrogen-bond donors (Lipinski definition) is 1. The largest absolute Gasteiger partial charge is 0.478 e. The summed E-state index contributed by atoms with van der Waals surface area (Å²) in [5, 5.41) is 17.6. The molecule has 170 valence electrons. The predicted molar refractivity (Wildman–Crippen MR) is 126 cm³/mol. The molecule has 9 heteroatoms. The van der Waals surface area contributed by atoms with Crippen LogP contribution in [0, 0.1) is 6.92 Å². The number of pyridine rings is 2. The van der Waals surface area contributed by atoms with Crippen LogP contribution in [-0.4, -0.2) is 41.7 Å². The summed E-state index contributed by atoms with van der Waals surface area (Å²) in [6, 6.07) is 12.8. The lowest BCUT2D eigenvalue weighted by Gasteiger charge is -2.16. The molecule has 34 heavy (non-hydrogen) atoms. The molecule has 0 aliphatic carbocycles. The van der Waals surface area contributed by atoms with E-state index in [4.69, 9.17) is 4.98 Å². The number of carboxylic acid groups (broad SMARTS) is 1. The summed E-state index contributed by atoms with van der Waals surface area (Å²) >= 11 is 0. The normalized spacial score (nSPS) is 12.9. The summed E-state index contributed by atoms with van der Waals surface area (Å²) in [5.74, 6) is -0.0204. The molecule has 9 nitrogen and oxygen atoms in total. The third-order valence-corrected chi connectivity index (χ3v) is 5.93. The van der Waals surface area contributed by atoms with Gasteiger partial charge < -0.3 is 9.67 Å². The molecular weight excluding hydrogens is 432 g/mol. The Hall–Kier alpha value is -4.40. The van der Waals surface area contributed by atoms with Crippen LogP contribution in [0.1, 0.15) is 51.9 Å². The van der Waals surface area contributed by atoms with E-state index in [1.165, 1.54) is 0 Å². The van der Waals surface area contributed by atoms with E-state index in [2.05, 4.69) is 15.2 Å². The molecular formula is C25H22N6O3. The molecule has 0 radical (unpaired) electrons. The lowest BCUT2D eigenvalue weighted by Crippen LogP contribution is -2.24. The van der Waals surface area contributed by atoms with Gasteiger partial charge in [0, 0.05) is 23.4 Å². The molecule has 0 fully saturated rings. The van der Waals surface area contributed by atoms with E-state index in [9.17, 15) is 14.7 Å². The Morgan fingerprint density at radius 1 is 1.12 bits per heavy atom. The highest BCUT2D eigenvalue weighted by Gasteiger charge is 2.30. The first kappa shape index (κ1) is 21.4. The minimum Gasteiger partial charge on any atom is -0.478 e. The van der Waals surface area contributed by atoms with E-state index in [-0.39, 0.29) is 17.5 Å². The molecule has 5 rings (SSSR count). The Balaban J connectivity index is 1.48. The minimum atomic E-state index is -1.03. The fourth-order valence-electron chi connectivity index (χ4n) is 4.08. The van der Waals surface area contributed by atoms with Crippen LogP contribution in [0.25, 0.3) is 22.6 Å². The predicted octanol–water partition coefficient (Wildman–Crippen LogP) is 4.15. The number of aromatic carboxylic acids is 1. The van der Waals surface area contributed by atoms with Crippen LogP contribution in [0.3, 0.4) is 0 Å². The van der Waals surface area contributed by atoms with E-state index in [0.717, 1.165) is 11.1 Å². The Morgan fingerprint density at radius 3 is 2.71 bits per heavy atom. The molecule has 0 bridgehead atoms.